The predicted molar refractivity (Wildman–Crippen MR) is 108 cm³/mol. The standard InChI is InChI=1S/C20H16N2O3S2/c23-19(15-9-3-1-4-10-15)22-20(26)21-17-13-7-8-14-18(17)27(24,25)16-11-5-2-6-12-16/h1-14H,(H2,21,22,23,26). The lowest BCUT2D eigenvalue weighted by Crippen LogP contribution is -2.34. The summed E-state index contributed by atoms with van der Waals surface area (Å²) >= 11 is 5.17. The maximum absolute atomic E-state index is 12.9. The highest BCUT2D eigenvalue weighted by Crippen LogP contribution is 2.27. The van der Waals surface area contributed by atoms with Gasteiger partial charge in [-0.05, 0) is 48.6 Å². The number of para-hydroxylation sites is 1. The van der Waals surface area contributed by atoms with Crippen molar-refractivity contribution in [2.24, 2.45) is 0 Å². The van der Waals surface area contributed by atoms with Crippen LogP contribution in [0.25, 0.3) is 0 Å². The van der Waals surface area contributed by atoms with Gasteiger partial charge in [-0.2, -0.15) is 0 Å². The fourth-order valence-corrected chi connectivity index (χ4v) is 4.09. The van der Waals surface area contributed by atoms with E-state index in [9.17, 15) is 13.2 Å². The van der Waals surface area contributed by atoms with Crippen molar-refractivity contribution in [1.29, 1.82) is 0 Å². The van der Waals surface area contributed by atoms with Crippen molar-refractivity contribution < 1.29 is 13.2 Å². The van der Waals surface area contributed by atoms with E-state index in [0.29, 0.717) is 11.3 Å². The Bertz CT molecular complexity index is 1070. The number of thiocarbonyl (C=S) groups is 1. The van der Waals surface area contributed by atoms with Crippen LogP contribution in [0.15, 0.2) is 94.7 Å². The summed E-state index contributed by atoms with van der Waals surface area (Å²) < 4.78 is 25.8. The molecular weight excluding hydrogens is 380 g/mol. The summed E-state index contributed by atoms with van der Waals surface area (Å²) in [6.45, 7) is 0. The molecule has 0 spiro atoms. The Kier molecular flexibility index (Phi) is 5.63. The van der Waals surface area contributed by atoms with E-state index < -0.39 is 9.84 Å². The largest absolute Gasteiger partial charge is 0.331 e. The number of hydrogen-bond donors (Lipinski definition) is 2. The third-order valence-corrected chi connectivity index (χ3v) is 5.77. The lowest BCUT2D eigenvalue weighted by Gasteiger charge is -2.14. The Labute approximate surface area is 163 Å². The molecule has 0 aliphatic heterocycles. The average Bonchev–Trinajstić information content (AvgIpc) is 2.69. The highest BCUT2D eigenvalue weighted by molar-refractivity contribution is 7.91. The SMILES string of the molecule is O=C(NC(=S)Nc1ccccc1S(=O)(=O)c1ccccc1)c1ccccc1. The second-order valence-electron chi connectivity index (χ2n) is 5.59. The van der Waals surface area contributed by atoms with Crippen LogP contribution >= 0.6 is 12.2 Å². The van der Waals surface area contributed by atoms with Gasteiger partial charge in [0.25, 0.3) is 5.91 Å². The van der Waals surface area contributed by atoms with Gasteiger partial charge < -0.3 is 5.32 Å². The minimum atomic E-state index is -3.73. The molecule has 0 saturated heterocycles. The van der Waals surface area contributed by atoms with Crippen molar-refractivity contribution in [3.8, 4) is 0 Å². The Balaban J connectivity index is 1.83. The Hall–Kier alpha value is -3.03. The van der Waals surface area contributed by atoms with Gasteiger partial charge in [0.05, 0.1) is 15.5 Å². The van der Waals surface area contributed by atoms with Gasteiger partial charge in [-0.1, -0.05) is 48.5 Å². The van der Waals surface area contributed by atoms with Crippen LogP contribution < -0.4 is 10.6 Å². The first-order valence-electron chi connectivity index (χ1n) is 8.05. The molecule has 0 aliphatic carbocycles. The van der Waals surface area contributed by atoms with Crippen molar-refractivity contribution in [3.63, 3.8) is 0 Å². The normalized spacial score (nSPS) is 10.8. The molecule has 3 aromatic rings. The Morgan fingerprint density at radius 2 is 1.33 bits per heavy atom. The van der Waals surface area contributed by atoms with E-state index in [2.05, 4.69) is 10.6 Å². The van der Waals surface area contributed by atoms with Gasteiger partial charge in [0.1, 0.15) is 0 Å². The van der Waals surface area contributed by atoms with Gasteiger partial charge in [-0.3, -0.25) is 10.1 Å². The van der Waals surface area contributed by atoms with Gasteiger partial charge in [0, 0.05) is 5.56 Å². The topological polar surface area (TPSA) is 75.3 Å². The molecule has 0 radical (unpaired) electrons. The summed E-state index contributed by atoms with van der Waals surface area (Å²) in [4.78, 5) is 12.4. The predicted octanol–water partition coefficient (Wildman–Crippen LogP) is 3.65. The second-order valence-corrected chi connectivity index (χ2v) is 7.91. The molecule has 3 rings (SSSR count). The van der Waals surface area contributed by atoms with Crippen LogP contribution in [0, 0.1) is 0 Å². The Morgan fingerprint density at radius 3 is 2.00 bits per heavy atom. The lowest BCUT2D eigenvalue weighted by molar-refractivity contribution is 0.0977. The number of carbonyl (C=O) groups is 1. The van der Waals surface area contributed by atoms with Crippen molar-refractivity contribution in [2.45, 2.75) is 9.79 Å². The molecule has 0 saturated carbocycles. The summed E-state index contributed by atoms with van der Waals surface area (Å²) in [5.41, 5.74) is 0.742. The van der Waals surface area contributed by atoms with E-state index in [4.69, 9.17) is 12.2 Å². The minimum absolute atomic E-state index is 0.0135. The van der Waals surface area contributed by atoms with Crippen molar-refractivity contribution in [2.75, 3.05) is 5.32 Å². The molecule has 27 heavy (non-hydrogen) atoms. The zero-order chi connectivity index (χ0) is 19.3. The third kappa shape index (κ3) is 4.39. The summed E-state index contributed by atoms with van der Waals surface area (Å²) in [5, 5.41) is 5.37. The highest BCUT2D eigenvalue weighted by Gasteiger charge is 2.21. The van der Waals surface area contributed by atoms with Crippen LogP contribution in [0.2, 0.25) is 0 Å². The number of nitrogens with one attached hydrogen (secondary N) is 2. The van der Waals surface area contributed by atoms with E-state index >= 15 is 0 Å². The van der Waals surface area contributed by atoms with E-state index in [1.54, 1.807) is 66.7 Å². The molecule has 0 bridgehead atoms. The summed E-state index contributed by atoms with van der Waals surface area (Å²) in [7, 11) is -3.73. The number of amides is 1. The molecule has 2 N–H and O–H groups in total. The van der Waals surface area contributed by atoms with Gasteiger partial charge in [-0.15, -0.1) is 0 Å². The van der Waals surface area contributed by atoms with Crippen LogP contribution in [0.3, 0.4) is 0 Å². The van der Waals surface area contributed by atoms with Crippen LogP contribution in [-0.4, -0.2) is 19.4 Å². The molecule has 0 fully saturated rings. The molecule has 1 amide bonds. The molecular formula is C20H16N2O3S2. The van der Waals surface area contributed by atoms with Gasteiger partial charge in [-0.25, -0.2) is 8.42 Å². The maximum Gasteiger partial charge on any atom is 0.257 e. The van der Waals surface area contributed by atoms with Crippen LogP contribution in [0.4, 0.5) is 5.69 Å². The Morgan fingerprint density at radius 1 is 0.778 bits per heavy atom. The molecule has 0 aliphatic rings. The van der Waals surface area contributed by atoms with Crippen molar-refractivity contribution in [3.05, 3.63) is 90.5 Å². The number of rotatable bonds is 4. The van der Waals surface area contributed by atoms with E-state index in [1.165, 1.54) is 18.2 Å². The number of carbonyl (C=O) groups excluding carboxylic acids is 1. The molecule has 0 heterocycles. The zero-order valence-electron chi connectivity index (χ0n) is 14.1. The van der Waals surface area contributed by atoms with Crippen LogP contribution in [0.5, 0.6) is 0 Å². The fourth-order valence-electron chi connectivity index (χ4n) is 2.45. The number of sulfone groups is 1. The average molecular weight is 396 g/mol. The zero-order valence-corrected chi connectivity index (χ0v) is 15.8. The number of anilines is 1. The molecule has 0 aromatic heterocycles. The quantitative estimate of drug-likeness (QED) is 0.659. The molecule has 136 valence electrons. The lowest BCUT2D eigenvalue weighted by atomic mass is 10.2. The number of benzene rings is 3. The summed E-state index contributed by atoms with van der Waals surface area (Å²) in [5.74, 6) is -0.378. The van der Waals surface area contributed by atoms with E-state index in [1.807, 2.05) is 0 Å². The summed E-state index contributed by atoms with van der Waals surface area (Å²) in [6.07, 6.45) is 0. The monoisotopic (exact) mass is 396 g/mol. The minimum Gasteiger partial charge on any atom is -0.331 e. The molecule has 5 nitrogen and oxygen atoms in total. The third-order valence-electron chi connectivity index (χ3n) is 3.74. The van der Waals surface area contributed by atoms with Gasteiger partial charge in [0.2, 0.25) is 9.84 Å². The molecule has 0 atom stereocenters. The first kappa shape index (κ1) is 18.8. The van der Waals surface area contributed by atoms with E-state index in [0.717, 1.165) is 0 Å². The first-order valence-corrected chi connectivity index (χ1v) is 9.94. The van der Waals surface area contributed by atoms with Crippen molar-refractivity contribution in [1.82, 2.24) is 5.32 Å². The van der Waals surface area contributed by atoms with Crippen LogP contribution in [0.1, 0.15) is 10.4 Å². The maximum atomic E-state index is 12.9. The number of hydrogen-bond acceptors (Lipinski definition) is 4. The fraction of sp³-hybridized carbons (Fsp3) is 0. The second kappa shape index (κ2) is 8.11. The van der Waals surface area contributed by atoms with Gasteiger partial charge in [0.15, 0.2) is 5.11 Å². The van der Waals surface area contributed by atoms with Crippen molar-refractivity contribution >= 4 is 38.8 Å². The van der Waals surface area contributed by atoms with Crippen LogP contribution in [-0.2, 0) is 9.84 Å². The molecule has 0 unspecified atom stereocenters. The van der Waals surface area contributed by atoms with E-state index in [-0.39, 0.29) is 20.8 Å². The molecule has 3 aromatic carbocycles. The summed E-state index contributed by atoms with van der Waals surface area (Å²) in [6, 6.07) is 23.1. The smallest absolute Gasteiger partial charge is 0.257 e. The molecule has 7 heteroatoms. The van der Waals surface area contributed by atoms with Gasteiger partial charge >= 0.3 is 0 Å². The first-order chi connectivity index (χ1) is 13.0. The highest BCUT2D eigenvalue weighted by atomic mass is 32.2.